The van der Waals surface area contributed by atoms with E-state index in [1.807, 2.05) is 30.9 Å². The van der Waals surface area contributed by atoms with Crippen molar-refractivity contribution in [2.24, 2.45) is 0 Å². The Morgan fingerprint density at radius 3 is 2.25 bits per heavy atom. The monoisotopic (exact) mass is 394 g/mol. The minimum absolute atomic E-state index is 0.0274. The first-order valence-corrected chi connectivity index (χ1v) is 10.5. The molecule has 5 nitrogen and oxygen atoms in total. The van der Waals surface area contributed by atoms with Crippen LogP contribution in [0.4, 0.5) is 15.6 Å². The molecule has 28 heavy (non-hydrogen) atoms. The van der Waals surface area contributed by atoms with Gasteiger partial charge in [0.1, 0.15) is 0 Å². The lowest BCUT2D eigenvalue weighted by Gasteiger charge is -2.34. The zero-order valence-electron chi connectivity index (χ0n) is 16.9. The Labute approximate surface area is 170 Å². The maximum atomic E-state index is 12.6. The lowest BCUT2D eigenvalue weighted by Crippen LogP contribution is -2.50. The molecule has 1 saturated heterocycles. The number of nitrogens with zero attached hydrogens (tertiary/aromatic N) is 3. The minimum atomic E-state index is -0.0274. The number of benzene rings is 2. The Morgan fingerprint density at radius 2 is 1.57 bits per heavy atom. The van der Waals surface area contributed by atoms with Gasteiger partial charge in [-0.1, -0.05) is 23.5 Å². The van der Waals surface area contributed by atoms with E-state index in [-0.39, 0.29) is 6.03 Å². The van der Waals surface area contributed by atoms with Gasteiger partial charge in [-0.3, -0.25) is 0 Å². The van der Waals surface area contributed by atoms with Gasteiger partial charge in [-0.25, -0.2) is 9.78 Å². The van der Waals surface area contributed by atoms with Crippen molar-refractivity contribution in [1.82, 2.24) is 9.88 Å². The number of aromatic nitrogens is 1. The normalized spacial score (nSPS) is 14.6. The van der Waals surface area contributed by atoms with E-state index in [4.69, 9.17) is 4.98 Å². The molecule has 2 heterocycles. The first kappa shape index (κ1) is 18.7. The van der Waals surface area contributed by atoms with Crippen LogP contribution in [-0.2, 0) is 0 Å². The Morgan fingerprint density at radius 1 is 0.929 bits per heavy atom. The molecule has 1 N–H and O–H groups in total. The molecule has 2 amide bonds. The second-order valence-corrected chi connectivity index (χ2v) is 8.68. The summed E-state index contributed by atoms with van der Waals surface area (Å²) in [7, 11) is 0. The molecule has 0 atom stereocenters. The first-order valence-electron chi connectivity index (χ1n) is 9.66. The summed E-state index contributed by atoms with van der Waals surface area (Å²) in [6.07, 6.45) is 0. The number of nitrogens with one attached hydrogen (secondary N) is 1. The highest BCUT2D eigenvalue weighted by atomic mass is 32.1. The number of hydrogen-bond acceptors (Lipinski definition) is 4. The fourth-order valence-electron chi connectivity index (χ4n) is 3.85. The summed E-state index contributed by atoms with van der Waals surface area (Å²) in [5.74, 6) is 0. The summed E-state index contributed by atoms with van der Waals surface area (Å²) in [5.41, 5.74) is 6.78. The largest absolute Gasteiger partial charge is 0.345 e. The molecule has 1 fully saturated rings. The fraction of sp³-hybridized carbons (Fsp3) is 0.364. The van der Waals surface area contributed by atoms with Crippen molar-refractivity contribution < 1.29 is 4.79 Å². The number of carbonyl (C=O) groups is 1. The molecule has 146 valence electrons. The van der Waals surface area contributed by atoms with Crippen LogP contribution in [0.15, 0.2) is 30.3 Å². The van der Waals surface area contributed by atoms with Gasteiger partial charge in [0.25, 0.3) is 0 Å². The van der Waals surface area contributed by atoms with E-state index < -0.39 is 0 Å². The summed E-state index contributed by atoms with van der Waals surface area (Å²) < 4.78 is 1.26. The van der Waals surface area contributed by atoms with Crippen molar-refractivity contribution in [3.05, 3.63) is 52.6 Å². The molecule has 6 heteroatoms. The predicted octanol–water partition coefficient (Wildman–Crippen LogP) is 4.88. The molecule has 1 aliphatic heterocycles. The van der Waals surface area contributed by atoms with Crippen LogP contribution in [0.1, 0.15) is 22.3 Å². The number of urea groups is 1. The van der Waals surface area contributed by atoms with Crippen LogP contribution in [-0.4, -0.2) is 42.1 Å². The van der Waals surface area contributed by atoms with E-state index >= 15 is 0 Å². The van der Waals surface area contributed by atoms with Gasteiger partial charge in [0.05, 0.1) is 10.2 Å². The average molecular weight is 395 g/mol. The van der Waals surface area contributed by atoms with Gasteiger partial charge in [0, 0.05) is 31.9 Å². The van der Waals surface area contributed by atoms with Gasteiger partial charge in [0.2, 0.25) is 0 Å². The quantitative estimate of drug-likeness (QED) is 0.674. The number of carbonyl (C=O) groups excluding carboxylic acids is 1. The predicted molar refractivity (Wildman–Crippen MR) is 118 cm³/mol. The first-order chi connectivity index (χ1) is 13.4. The highest BCUT2D eigenvalue weighted by Gasteiger charge is 2.23. The van der Waals surface area contributed by atoms with E-state index in [9.17, 15) is 4.79 Å². The maximum Gasteiger partial charge on any atom is 0.321 e. The van der Waals surface area contributed by atoms with Crippen LogP contribution in [0.25, 0.3) is 10.2 Å². The van der Waals surface area contributed by atoms with E-state index in [0.29, 0.717) is 13.1 Å². The number of rotatable bonds is 2. The van der Waals surface area contributed by atoms with Crippen molar-refractivity contribution in [2.75, 3.05) is 36.4 Å². The number of hydrogen-bond donors (Lipinski definition) is 1. The van der Waals surface area contributed by atoms with E-state index in [0.717, 1.165) is 40.6 Å². The number of aryl methyl sites for hydroxylation is 4. The van der Waals surface area contributed by atoms with Crippen molar-refractivity contribution in [1.29, 1.82) is 0 Å². The number of piperazine rings is 1. The topological polar surface area (TPSA) is 48.5 Å². The Balaban J connectivity index is 1.41. The molecule has 0 aliphatic carbocycles. The molecule has 0 saturated carbocycles. The van der Waals surface area contributed by atoms with Crippen molar-refractivity contribution in [3.8, 4) is 0 Å². The summed E-state index contributed by atoms with van der Waals surface area (Å²) in [6, 6.07) is 10.4. The molecule has 0 radical (unpaired) electrons. The third-order valence-electron chi connectivity index (χ3n) is 5.12. The summed E-state index contributed by atoms with van der Waals surface area (Å²) >= 11 is 1.75. The van der Waals surface area contributed by atoms with Crippen LogP contribution in [0.2, 0.25) is 0 Å². The van der Waals surface area contributed by atoms with Crippen molar-refractivity contribution >= 4 is 38.4 Å². The molecule has 0 unspecified atom stereocenters. The standard InChI is InChI=1S/C22H26N4OS/c1-14-9-15(2)12-18(11-14)23-21(27)25-5-7-26(8-6-25)22-24-19-13-16(3)10-17(4)20(19)28-22/h9-13H,5-8H2,1-4H3,(H,23,27). The highest BCUT2D eigenvalue weighted by molar-refractivity contribution is 7.22. The molecule has 1 aromatic heterocycles. The molecular formula is C22H26N4OS. The van der Waals surface area contributed by atoms with Gasteiger partial charge in [-0.15, -0.1) is 0 Å². The number of anilines is 2. The van der Waals surface area contributed by atoms with Crippen LogP contribution >= 0.6 is 11.3 Å². The SMILES string of the molecule is Cc1cc(C)cc(NC(=O)N2CCN(c3nc4cc(C)cc(C)c4s3)CC2)c1. The fourth-order valence-corrected chi connectivity index (χ4v) is 4.92. The maximum absolute atomic E-state index is 12.6. The third-order valence-corrected chi connectivity index (χ3v) is 6.39. The molecule has 0 spiro atoms. The molecule has 4 rings (SSSR count). The van der Waals surface area contributed by atoms with Gasteiger partial charge in [-0.05, 0) is 68.1 Å². The van der Waals surface area contributed by atoms with Gasteiger partial charge in [0.15, 0.2) is 5.13 Å². The number of fused-ring (bicyclic) bond motifs is 1. The Bertz CT molecular complexity index is 1010. The molecule has 2 aromatic carbocycles. The molecule has 3 aromatic rings. The summed E-state index contributed by atoms with van der Waals surface area (Å²) in [6.45, 7) is 11.3. The van der Waals surface area contributed by atoms with E-state index in [2.05, 4.69) is 42.3 Å². The van der Waals surface area contributed by atoms with E-state index in [1.165, 1.54) is 15.8 Å². The second kappa shape index (κ2) is 7.43. The lowest BCUT2D eigenvalue weighted by molar-refractivity contribution is 0.208. The average Bonchev–Trinajstić information content (AvgIpc) is 3.05. The van der Waals surface area contributed by atoms with Gasteiger partial charge >= 0.3 is 6.03 Å². The smallest absolute Gasteiger partial charge is 0.321 e. The van der Waals surface area contributed by atoms with Crippen LogP contribution in [0, 0.1) is 27.7 Å². The zero-order valence-corrected chi connectivity index (χ0v) is 17.7. The lowest BCUT2D eigenvalue weighted by atomic mass is 10.1. The Kier molecular flexibility index (Phi) is 4.98. The van der Waals surface area contributed by atoms with E-state index in [1.54, 1.807) is 11.3 Å². The second-order valence-electron chi connectivity index (χ2n) is 7.71. The summed E-state index contributed by atoms with van der Waals surface area (Å²) in [5, 5.41) is 4.09. The molecule has 0 bridgehead atoms. The highest BCUT2D eigenvalue weighted by Crippen LogP contribution is 2.32. The van der Waals surface area contributed by atoms with Gasteiger partial charge in [-0.2, -0.15) is 0 Å². The minimum Gasteiger partial charge on any atom is -0.345 e. The van der Waals surface area contributed by atoms with Gasteiger partial charge < -0.3 is 15.1 Å². The number of thiazole rings is 1. The molecular weight excluding hydrogens is 368 g/mol. The molecule has 1 aliphatic rings. The third kappa shape index (κ3) is 3.83. The van der Waals surface area contributed by atoms with Crippen molar-refractivity contribution in [2.45, 2.75) is 27.7 Å². The number of amides is 2. The van der Waals surface area contributed by atoms with Crippen LogP contribution < -0.4 is 10.2 Å². The summed E-state index contributed by atoms with van der Waals surface area (Å²) in [4.78, 5) is 21.7. The van der Waals surface area contributed by atoms with Crippen molar-refractivity contribution in [3.63, 3.8) is 0 Å². The Hall–Kier alpha value is -2.60. The van der Waals surface area contributed by atoms with Crippen LogP contribution in [0.5, 0.6) is 0 Å². The zero-order chi connectivity index (χ0) is 19.8. The van der Waals surface area contributed by atoms with Crippen LogP contribution in [0.3, 0.4) is 0 Å².